The SMILES string of the molecule is C1=C[N-]c2c3c(ccc2=C1)=CC=C[N-]3.C1=C[N-]c2c3c(ccc2=C1)=CC=C[N-]3.O.[Cu+2]. The second kappa shape index (κ2) is 9.37. The van der Waals surface area contributed by atoms with Crippen molar-refractivity contribution in [2.24, 2.45) is 0 Å². The molecule has 0 saturated carbocycles. The number of allylic oxidation sites excluding steroid dienone is 4. The predicted molar refractivity (Wildman–Crippen MR) is 121 cm³/mol. The smallest absolute Gasteiger partial charge is 0.665 e. The molecule has 0 aromatic heterocycles. The van der Waals surface area contributed by atoms with E-state index in [1.54, 1.807) is 24.8 Å². The molecule has 153 valence electrons. The molecule has 0 amide bonds. The Labute approximate surface area is 185 Å². The van der Waals surface area contributed by atoms with Crippen LogP contribution in [0.1, 0.15) is 0 Å². The van der Waals surface area contributed by atoms with Gasteiger partial charge in [0.2, 0.25) is 0 Å². The zero-order chi connectivity index (χ0) is 18.8. The Morgan fingerprint density at radius 2 is 0.633 bits per heavy atom. The predicted octanol–water partition coefficient (Wildman–Crippen LogP) is 3.80. The van der Waals surface area contributed by atoms with Crippen LogP contribution >= 0.6 is 0 Å². The van der Waals surface area contributed by atoms with E-state index in [1.165, 1.54) is 0 Å². The molecule has 4 aliphatic heterocycles. The van der Waals surface area contributed by atoms with Crippen LogP contribution in [0.4, 0.5) is 22.7 Å². The molecule has 2 aromatic rings. The van der Waals surface area contributed by atoms with E-state index in [0.717, 1.165) is 43.6 Å². The summed E-state index contributed by atoms with van der Waals surface area (Å²) in [5.74, 6) is 0. The van der Waals surface area contributed by atoms with Gasteiger partial charge in [-0.25, -0.2) is 0 Å². The van der Waals surface area contributed by atoms with Gasteiger partial charge in [0.15, 0.2) is 0 Å². The second-order valence-corrected chi connectivity index (χ2v) is 6.43. The van der Waals surface area contributed by atoms with Crippen molar-refractivity contribution in [3.05, 3.63) is 116 Å². The first-order valence-corrected chi connectivity index (χ1v) is 9.07. The van der Waals surface area contributed by atoms with Gasteiger partial charge in [-0.3, -0.25) is 0 Å². The first kappa shape index (κ1) is 21.3. The van der Waals surface area contributed by atoms with E-state index >= 15 is 0 Å². The van der Waals surface area contributed by atoms with E-state index in [4.69, 9.17) is 0 Å². The maximum absolute atomic E-state index is 4.35. The number of fused-ring (bicyclic) bond motifs is 6. The zero-order valence-corrected chi connectivity index (χ0v) is 16.8. The standard InChI is InChI=1S/2C12H8N2.Cu.H2O/c2*1-3-9-5-6-10-4-2-8-14-12(10)11(9)13-7-1;;/h2*1-8H;;1H2/q2*-2;+2;. The third-order valence-electron chi connectivity index (χ3n) is 4.69. The van der Waals surface area contributed by atoms with Gasteiger partial charge < -0.3 is 26.7 Å². The van der Waals surface area contributed by atoms with Crippen molar-refractivity contribution >= 4 is 47.1 Å². The Hall–Kier alpha value is -3.44. The molecule has 6 rings (SSSR count). The zero-order valence-electron chi connectivity index (χ0n) is 15.8. The summed E-state index contributed by atoms with van der Waals surface area (Å²) >= 11 is 0. The van der Waals surface area contributed by atoms with Crippen LogP contribution in [0, 0.1) is 0 Å². The molecule has 0 spiro atoms. The Kier molecular flexibility index (Phi) is 6.65. The summed E-state index contributed by atoms with van der Waals surface area (Å²) in [4.78, 5) is 0. The number of rotatable bonds is 0. The molecule has 30 heavy (non-hydrogen) atoms. The molecule has 4 heterocycles. The van der Waals surface area contributed by atoms with E-state index in [9.17, 15) is 0 Å². The normalized spacial score (nSPS) is 14.4. The van der Waals surface area contributed by atoms with Crippen LogP contribution in [0.2, 0.25) is 0 Å². The van der Waals surface area contributed by atoms with Crippen molar-refractivity contribution in [2.45, 2.75) is 0 Å². The van der Waals surface area contributed by atoms with Gasteiger partial charge in [0.1, 0.15) is 0 Å². The van der Waals surface area contributed by atoms with Crippen molar-refractivity contribution in [1.29, 1.82) is 0 Å². The Morgan fingerprint density at radius 3 is 0.867 bits per heavy atom. The Balaban J connectivity index is 0.000000160. The minimum atomic E-state index is 0. The van der Waals surface area contributed by atoms with Crippen LogP contribution in [0.15, 0.2) is 73.4 Å². The van der Waals surface area contributed by atoms with Crippen LogP contribution in [0.3, 0.4) is 0 Å². The molecule has 2 aromatic carbocycles. The van der Waals surface area contributed by atoms with Crippen LogP contribution in [0.5, 0.6) is 0 Å². The summed E-state index contributed by atoms with van der Waals surface area (Å²) in [6, 6.07) is 8.30. The molecule has 0 aliphatic carbocycles. The van der Waals surface area contributed by atoms with Gasteiger partial charge in [-0.05, 0) is 20.9 Å². The largest absolute Gasteiger partial charge is 2.00 e. The summed E-state index contributed by atoms with van der Waals surface area (Å²) < 4.78 is 0. The molecule has 6 heteroatoms. The van der Waals surface area contributed by atoms with E-state index in [0.29, 0.717) is 0 Å². The maximum atomic E-state index is 4.35. The summed E-state index contributed by atoms with van der Waals surface area (Å²) in [7, 11) is 0. The fourth-order valence-electron chi connectivity index (χ4n) is 3.36. The van der Waals surface area contributed by atoms with Crippen LogP contribution in [-0.2, 0) is 17.1 Å². The van der Waals surface area contributed by atoms with Gasteiger partial charge in [0.25, 0.3) is 0 Å². The molecule has 0 atom stereocenters. The molecule has 0 saturated heterocycles. The summed E-state index contributed by atoms with van der Waals surface area (Å²) in [6.07, 6.45) is 23.2. The molecule has 0 unspecified atom stereocenters. The number of benzene rings is 2. The topological polar surface area (TPSA) is 87.9 Å². The summed E-state index contributed by atoms with van der Waals surface area (Å²) in [5, 5.41) is 21.9. The Morgan fingerprint density at radius 1 is 0.400 bits per heavy atom. The first-order chi connectivity index (χ1) is 13.9. The fraction of sp³-hybridized carbons (Fsp3) is 0. The minimum Gasteiger partial charge on any atom is -0.665 e. The third-order valence-corrected chi connectivity index (χ3v) is 4.69. The summed E-state index contributed by atoms with van der Waals surface area (Å²) in [5.41, 5.74) is 3.91. The molecule has 1 radical (unpaired) electrons. The van der Waals surface area contributed by atoms with Crippen molar-refractivity contribution in [3.8, 4) is 0 Å². The number of hydrogen-bond donors (Lipinski definition) is 0. The maximum Gasteiger partial charge on any atom is 2.00 e. The summed E-state index contributed by atoms with van der Waals surface area (Å²) in [6.45, 7) is 0. The molecule has 5 nitrogen and oxygen atoms in total. The van der Waals surface area contributed by atoms with Crippen molar-refractivity contribution < 1.29 is 22.5 Å². The second-order valence-electron chi connectivity index (χ2n) is 6.43. The molecular weight excluding hydrogens is 424 g/mol. The van der Waals surface area contributed by atoms with Crippen molar-refractivity contribution in [1.82, 2.24) is 0 Å². The average Bonchev–Trinajstić information content (AvgIpc) is 2.79. The minimum absolute atomic E-state index is 0. The van der Waals surface area contributed by atoms with Crippen LogP contribution in [-0.4, -0.2) is 5.48 Å². The van der Waals surface area contributed by atoms with Gasteiger partial charge >= 0.3 is 17.1 Å². The van der Waals surface area contributed by atoms with Gasteiger partial charge in [-0.2, -0.15) is 24.8 Å². The third kappa shape index (κ3) is 3.98. The Bertz CT molecular complexity index is 1110. The first-order valence-electron chi connectivity index (χ1n) is 9.07. The number of nitrogens with zero attached hydrogens (tertiary/aromatic N) is 4. The molecular formula is C24H18CuN4O-2. The monoisotopic (exact) mass is 441 g/mol. The fourth-order valence-corrected chi connectivity index (χ4v) is 3.36. The van der Waals surface area contributed by atoms with E-state index in [2.05, 4.69) is 69.8 Å². The van der Waals surface area contributed by atoms with Crippen LogP contribution in [0.25, 0.3) is 45.6 Å². The van der Waals surface area contributed by atoms with Crippen molar-refractivity contribution in [2.75, 3.05) is 0 Å². The molecule has 2 N–H and O–H groups in total. The average molecular weight is 442 g/mol. The van der Waals surface area contributed by atoms with E-state index in [1.807, 2.05) is 24.3 Å². The van der Waals surface area contributed by atoms with E-state index in [-0.39, 0.29) is 22.5 Å². The van der Waals surface area contributed by atoms with Gasteiger partial charge in [-0.15, -0.1) is 22.7 Å². The molecule has 0 fully saturated rings. The van der Waals surface area contributed by atoms with Crippen LogP contribution < -0.4 is 20.9 Å². The van der Waals surface area contributed by atoms with Gasteiger partial charge in [0.05, 0.1) is 0 Å². The quantitative estimate of drug-likeness (QED) is 0.556. The van der Waals surface area contributed by atoms with Crippen molar-refractivity contribution in [3.63, 3.8) is 0 Å². The number of hydrogen-bond acceptors (Lipinski definition) is 0. The van der Waals surface area contributed by atoms with E-state index < -0.39 is 0 Å². The van der Waals surface area contributed by atoms with Gasteiger partial charge in [0, 0.05) is 0 Å². The van der Waals surface area contributed by atoms with Gasteiger partial charge in [-0.1, -0.05) is 72.9 Å². The molecule has 4 aliphatic rings. The molecule has 0 bridgehead atoms.